The molecule has 2 aromatic carbocycles. The lowest BCUT2D eigenvalue weighted by Crippen LogP contribution is -2.29. The molecular formula is C15H16N4O2S. The van der Waals surface area contributed by atoms with E-state index in [2.05, 4.69) is 10.3 Å². The third-order valence-corrected chi connectivity index (χ3v) is 5.29. The maximum Gasteiger partial charge on any atom is 0.244 e. The van der Waals surface area contributed by atoms with E-state index in [-0.39, 0.29) is 11.6 Å². The third-order valence-electron chi connectivity index (χ3n) is 3.48. The molecule has 1 aromatic heterocycles. The van der Waals surface area contributed by atoms with Crippen molar-refractivity contribution in [3.63, 3.8) is 0 Å². The van der Waals surface area contributed by atoms with Crippen molar-refractivity contribution in [2.75, 3.05) is 7.05 Å². The van der Waals surface area contributed by atoms with Gasteiger partial charge in [0, 0.05) is 7.05 Å². The van der Waals surface area contributed by atoms with Crippen LogP contribution in [0.2, 0.25) is 0 Å². The molecule has 3 aromatic rings. The van der Waals surface area contributed by atoms with Gasteiger partial charge in [-0.1, -0.05) is 35.0 Å². The van der Waals surface area contributed by atoms with E-state index in [9.17, 15) is 8.42 Å². The standard InChI is InChI=1S/C15H16N4O2S/c1-12-7-9-13(10-8-12)22(20,21)18(2)11-19-15-6-4-3-5-14(15)16-17-19/h3-10H,11H2,1-2H3. The summed E-state index contributed by atoms with van der Waals surface area (Å²) in [7, 11) is -2.02. The molecule has 0 atom stereocenters. The lowest BCUT2D eigenvalue weighted by atomic mass is 10.2. The van der Waals surface area contributed by atoms with Crippen LogP contribution < -0.4 is 0 Å². The van der Waals surface area contributed by atoms with Crippen LogP contribution in [0.25, 0.3) is 11.0 Å². The van der Waals surface area contributed by atoms with Gasteiger partial charge in [-0.15, -0.1) is 5.10 Å². The van der Waals surface area contributed by atoms with Crippen molar-refractivity contribution in [1.29, 1.82) is 0 Å². The van der Waals surface area contributed by atoms with Crippen LogP contribution in [0.5, 0.6) is 0 Å². The summed E-state index contributed by atoms with van der Waals surface area (Å²) in [6.07, 6.45) is 0. The quantitative estimate of drug-likeness (QED) is 0.738. The molecule has 0 N–H and O–H groups in total. The minimum atomic E-state index is -3.56. The van der Waals surface area contributed by atoms with Gasteiger partial charge in [-0.3, -0.25) is 0 Å². The fourth-order valence-electron chi connectivity index (χ4n) is 2.18. The molecule has 114 valence electrons. The summed E-state index contributed by atoms with van der Waals surface area (Å²) in [5.74, 6) is 0. The molecule has 0 fully saturated rings. The Morgan fingerprint density at radius 1 is 1.09 bits per heavy atom. The van der Waals surface area contributed by atoms with Crippen LogP contribution in [0.1, 0.15) is 5.56 Å². The van der Waals surface area contributed by atoms with Crippen LogP contribution in [0.15, 0.2) is 53.4 Å². The lowest BCUT2D eigenvalue weighted by Gasteiger charge is -2.17. The Morgan fingerprint density at radius 2 is 1.77 bits per heavy atom. The smallest absolute Gasteiger partial charge is 0.229 e. The Labute approximate surface area is 129 Å². The Bertz CT molecular complexity index is 901. The van der Waals surface area contributed by atoms with E-state index in [0.717, 1.165) is 16.6 Å². The first-order valence-corrected chi connectivity index (χ1v) is 8.24. The Balaban J connectivity index is 1.90. The first-order chi connectivity index (χ1) is 10.5. The monoisotopic (exact) mass is 316 g/mol. The summed E-state index contributed by atoms with van der Waals surface area (Å²) in [6, 6.07) is 14.2. The fourth-order valence-corrected chi connectivity index (χ4v) is 3.28. The summed E-state index contributed by atoms with van der Waals surface area (Å²) < 4.78 is 28.0. The van der Waals surface area contributed by atoms with Crippen LogP contribution in [-0.2, 0) is 16.7 Å². The topological polar surface area (TPSA) is 68.1 Å². The molecule has 6 nitrogen and oxygen atoms in total. The van der Waals surface area contributed by atoms with Gasteiger partial charge in [0.15, 0.2) is 0 Å². The van der Waals surface area contributed by atoms with E-state index in [4.69, 9.17) is 0 Å². The molecule has 0 saturated carbocycles. The van der Waals surface area contributed by atoms with Crippen molar-refractivity contribution in [3.05, 3.63) is 54.1 Å². The molecule has 22 heavy (non-hydrogen) atoms. The second kappa shape index (κ2) is 5.51. The zero-order chi connectivity index (χ0) is 15.7. The predicted octanol–water partition coefficient (Wildman–Crippen LogP) is 2.02. The van der Waals surface area contributed by atoms with Crippen molar-refractivity contribution in [3.8, 4) is 0 Å². The number of para-hydroxylation sites is 1. The minimum absolute atomic E-state index is 0.108. The number of rotatable bonds is 4. The number of hydrogen-bond acceptors (Lipinski definition) is 4. The van der Waals surface area contributed by atoms with Gasteiger partial charge in [0.2, 0.25) is 10.0 Å². The van der Waals surface area contributed by atoms with Crippen LogP contribution in [0.4, 0.5) is 0 Å². The van der Waals surface area contributed by atoms with E-state index in [1.54, 1.807) is 28.9 Å². The van der Waals surface area contributed by atoms with E-state index >= 15 is 0 Å². The molecule has 7 heteroatoms. The number of aromatic nitrogens is 3. The number of hydrogen-bond donors (Lipinski definition) is 0. The summed E-state index contributed by atoms with van der Waals surface area (Å²) in [5, 5.41) is 8.05. The average Bonchev–Trinajstić information content (AvgIpc) is 2.91. The molecule has 0 aliphatic heterocycles. The molecule has 0 saturated heterocycles. The van der Waals surface area contributed by atoms with Crippen molar-refractivity contribution < 1.29 is 8.42 Å². The van der Waals surface area contributed by atoms with Gasteiger partial charge in [-0.25, -0.2) is 13.1 Å². The number of benzene rings is 2. The van der Waals surface area contributed by atoms with E-state index in [1.807, 2.05) is 31.2 Å². The van der Waals surface area contributed by atoms with Crippen molar-refractivity contribution in [1.82, 2.24) is 19.3 Å². The van der Waals surface area contributed by atoms with E-state index in [0.29, 0.717) is 0 Å². The zero-order valence-electron chi connectivity index (χ0n) is 12.3. The summed E-state index contributed by atoms with van der Waals surface area (Å²) in [6.45, 7) is 2.03. The minimum Gasteiger partial charge on any atom is -0.229 e. The Kier molecular flexibility index (Phi) is 3.67. The second-order valence-corrected chi connectivity index (χ2v) is 7.18. The summed E-state index contributed by atoms with van der Waals surface area (Å²) in [5.41, 5.74) is 2.56. The van der Waals surface area contributed by atoms with Crippen molar-refractivity contribution in [2.45, 2.75) is 18.5 Å². The van der Waals surface area contributed by atoms with Gasteiger partial charge < -0.3 is 0 Å². The molecule has 1 heterocycles. The lowest BCUT2D eigenvalue weighted by molar-refractivity contribution is 0.378. The predicted molar refractivity (Wildman–Crippen MR) is 83.7 cm³/mol. The van der Waals surface area contributed by atoms with Crippen LogP contribution in [-0.4, -0.2) is 34.8 Å². The number of nitrogens with zero attached hydrogens (tertiary/aromatic N) is 4. The normalized spacial score (nSPS) is 12.1. The molecule has 0 radical (unpaired) electrons. The molecular weight excluding hydrogens is 300 g/mol. The second-order valence-electron chi connectivity index (χ2n) is 5.14. The highest BCUT2D eigenvalue weighted by molar-refractivity contribution is 7.89. The number of sulfonamides is 1. The van der Waals surface area contributed by atoms with Gasteiger partial charge in [0.1, 0.15) is 12.2 Å². The van der Waals surface area contributed by atoms with Gasteiger partial charge in [0.25, 0.3) is 0 Å². The average molecular weight is 316 g/mol. The van der Waals surface area contributed by atoms with E-state index in [1.165, 1.54) is 11.4 Å². The highest BCUT2D eigenvalue weighted by atomic mass is 32.2. The first kappa shape index (κ1) is 14.7. The molecule has 0 bridgehead atoms. The van der Waals surface area contributed by atoms with Crippen LogP contribution >= 0.6 is 0 Å². The molecule has 0 aliphatic carbocycles. The molecule has 0 spiro atoms. The number of fused-ring (bicyclic) bond motifs is 1. The summed E-state index contributed by atoms with van der Waals surface area (Å²) >= 11 is 0. The SMILES string of the molecule is Cc1ccc(S(=O)(=O)N(C)Cn2nnc3ccccc32)cc1. The molecule has 0 unspecified atom stereocenters. The molecule has 0 amide bonds. The van der Waals surface area contributed by atoms with Crippen molar-refractivity contribution >= 4 is 21.1 Å². The summed E-state index contributed by atoms with van der Waals surface area (Å²) in [4.78, 5) is 0.269. The third kappa shape index (κ3) is 2.60. The Morgan fingerprint density at radius 3 is 2.50 bits per heavy atom. The molecule has 3 rings (SSSR count). The van der Waals surface area contributed by atoms with Gasteiger partial charge in [0.05, 0.1) is 10.4 Å². The Hall–Kier alpha value is -2.25. The number of aryl methyl sites for hydroxylation is 1. The van der Waals surface area contributed by atoms with Crippen molar-refractivity contribution in [2.24, 2.45) is 0 Å². The fraction of sp³-hybridized carbons (Fsp3) is 0.200. The van der Waals surface area contributed by atoms with E-state index < -0.39 is 10.0 Å². The maximum atomic E-state index is 12.6. The van der Waals surface area contributed by atoms with Crippen LogP contribution in [0, 0.1) is 6.92 Å². The van der Waals surface area contributed by atoms with Gasteiger partial charge in [-0.2, -0.15) is 4.31 Å². The van der Waals surface area contributed by atoms with Gasteiger partial charge >= 0.3 is 0 Å². The zero-order valence-corrected chi connectivity index (χ0v) is 13.2. The highest BCUT2D eigenvalue weighted by Crippen LogP contribution is 2.17. The maximum absolute atomic E-state index is 12.6. The molecule has 0 aliphatic rings. The highest BCUT2D eigenvalue weighted by Gasteiger charge is 2.21. The van der Waals surface area contributed by atoms with Crippen LogP contribution in [0.3, 0.4) is 0 Å². The largest absolute Gasteiger partial charge is 0.244 e. The first-order valence-electron chi connectivity index (χ1n) is 6.80. The van der Waals surface area contributed by atoms with Gasteiger partial charge in [-0.05, 0) is 31.2 Å².